The molecule has 1 fully saturated rings. The van der Waals surface area contributed by atoms with E-state index >= 15 is 0 Å². The number of carbonyl (C=O) groups excluding carboxylic acids is 1. The Morgan fingerprint density at radius 2 is 2.18 bits per heavy atom. The summed E-state index contributed by atoms with van der Waals surface area (Å²) in [5.74, 6) is 0.124. The van der Waals surface area contributed by atoms with Crippen molar-refractivity contribution in [1.29, 1.82) is 0 Å². The van der Waals surface area contributed by atoms with Crippen LogP contribution in [-0.4, -0.2) is 18.6 Å². The summed E-state index contributed by atoms with van der Waals surface area (Å²) in [4.78, 5) is 16.0. The van der Waals surface area contributed by atoms with Crippen molar-refractivity contribution in [2.75, 3.05) is 7.11 Å². The Balaban J connectivity index is 2.79. The van der Waals surface area contributed by atoms with Gasteiger partial charge in [0, 0.05) is 5.41 Å². The lowest BCUT2D eigenvalue weighted by Crippen LogP contribution is -2.21. The highest BCUT2D eigenvalue weighted by molar-refractivity contribution is 6.43. The van der Waals surface area contributed by atoms with Crippen molar-refractivity contribution in [2.45, 2.75) is 26.7 Å². The monoisotopic (exact) mass is 155 g/mol. The van der Waals surface area contributed by atoms with Crippen LogP contribution in [-0.2, 0) is 9.63 Å². The summed E-state index contributed by atoms with van der Waals surface area (Å²) in [6, 6.07) is 0. The molecule has 0 amide bonds. The maximum Gasteiger partial charge on any atom is 0.185 e. The zero-order chi connectivity index (χ0) is 8.48. The summed E-state index contributed by atoms with van der Waals surface area (Å²) >= 11 is 0. The maximum atomic E-state index is 11.4. The number of Topliss-reactive ketones (excluding diaryl/α,β-unsaturated/α-hetero) is 1. The minimum absolute atomic E-state index is 0.124. The van der Waals surface area contributed by atoms with E-state index in [-0.39, 0.29) is 11.2 Å². The Labute approximate surface area is 66.4 Å². The molecule has 0 aromatic heterocycles. The zero-order valence-corrected chi connectivity index (χ0v) is 7.18. The van der Waals surface area contributed by atoms with Crippen LogP contribution in [0.5, 0.6) is 0 Å². The van der Waals surface area contributed by atoms with Crippen molar-refractivity contribution >= 4 is 11.5 Å². The van der Waals surface area contributed by atoms with Gasteiger partial charge < -0.3 is 4.84 Å². The quantitative estimate of drug-likeness (QED) is 0.536. The molecule has 0 aliphatic heterocycles. The summed E-state index contributed by atoms with van der Waals surface area (Å²) in [5.41, 5.74) is 0.356. The fraction of sp³-hybridized carbons (Fsp3) is 0.750. The zero-order valence-electron chi connectivity index (χ0n) is 7.18. The topological polar surface area (TPSA) is 38.7 Å². The predicted molar refractivity (Wildman–Crippen MR) is 42.5 cm³/mol. The first kappa shape index (κ1) is 8.24. The van der Waals surface area contributed by atoms with Crippen LogP contribution in [0.4, 0.5) is 0 Å². The van der Waals surface area contributed by atoms with Crippen LogP contribution in [0.1, 0.15) is 26.7 Å². The summed E-state index contributed by atoms with van der Waals surface area (Å²) in [6.45, 7) is 3.88. The van der Waals surface area contributed by atoms with Crippen LogP contribution in [0.15, 0.2) is 5.16 Å². The van der Waals surface area contributed by atoms with Gasteiger partial charge in [0.15, 0.2) is 5.78 Å². The average Bonchev–Trinajstić information content (AvgIpc) is 2.17. The standard InChI is InChI=1S/C8H13NO2/c1-8(2)5-4-6(7(8)10)9-11-3/h4-5H2,1-3H3/b9-6-. The smallest absolute Gasteiger partial charge is 0.185 e. The number of ketones is 1. The lowest BCUT2D eigenvalue weighted by atomic mass is 9.91. The third-order valence-corrected chi connectivity index (χ3v) is 2.07. The van der Waals surface area contributed by atoms with Gasteiger partial charge in [-0.05, 0) is 12.8 Å². The minimum atomic E-state index is -0.225. The van der Waals surface area contributed by atoms with Crippen LogP contribution in [0.3, 0.4) is 0 Å². The van der Waals surface area contributed by atoms with E-state index in [1.165, 1.54) is 7.11 Å². The molecule has 3 nitrogen and oxygen atoms in total. The molecule has 11 heavy (non-hydrogen) atoms. The molecule has 1 aliphatic rings. The van der Waals surface area contributed by atoms with E-state index in [4.69, 9.17) is 0 Å². The van der Waals surface area contributed by atoms with E-state index in [1.807, 2.05) is 13.8 Å². The summed E-state index contributed by atoms with van der Waals surface area (Å²) < 4.78 is 0. The Hall–Kier alpha value is -0.860. The molecule has 0 N–H and O–H groups in total. The molecule has 0 atom stereocenters. The highest BCUT2D eigenvalue weighted by Gasteiger charge is 2.38. The molecule has 0 unspecified atom stereocenters. The van der Waals surface area contributed by atoms with Gasteiger partial charge in [-0.15, -0.1) is 0 Å². The number of rotatable bonds is 1. The average molecular weight is 155 g/mol. The fourth-order valence-electron chi connectivity index (χ4n) is 1.25. The van der Waals surface area contributed by atoms with Crippen molar-refractivity contribution in [3.63, 3.8) is 0 Å². The highest BCUT2D eigenvalue weighted by Crippen LogP contribution is 2.31. The van der Waals surface area contributed by atoms with Crippen LogP contribution in [0, 0.1) is 5.41 Å². The molecule has 0 aromatic rings. The SMILES string of the molecule is CO/N=C1/CCC(C)(C)C1=O. The second kappa shape index (κ2) is 2.64. The van der Waals surface area contributed by atoms with E-state index in [9.17, 15) is 4.79 Å². The molecule has 1 aliphatic carbocycles. The van der Waals surface area contributed by atoms with Gasteiger partial charge in [-0.2, -0.15) is 0 Å². The Morgan fingerprint density at radius 3 is 2.55 bits per heavy atom. The van der Waals surface area contributed by atoms with Crippen LogP contribution in [0.2, 0.25) is 0 Å². The van der Waals surface area contributed by atoms with Gasteiger partial charge in [0.1, 0.15) is 12.8 Å². The Bertz CT molecular complexity index is 206. The van der Waals surface area contributed by atoms with Crippen molar-refractivity contribution in [3.05, 3.63) is 0 Å². The highest BCUT2D eigenvalue weighted by atomic mass is 16.6. The van der Waals surface area contributed by atoms with Crippen molar-refractivity contribution < 1.29 is 9.63 Å². The normalized spacial score (nSPS) is 26.1. The van der Waals surface area contributed by atoms with E-state index in [0.717, 1.165) is 12.8 Å². The molecule has 62 valence electrons. The maximum absolute atomic E-state index is 11.4. The molecule has 0 aromatic carbocycles. The molecular formula is C8H13NO2. The Kier molecular flexibility index (Phi) is 1.98. The summed E-state index contributed by atoms with van der Waals surface area (Å²) in [5, 5.41) is 3.67. The van der Waals surface area contributed by atoms with Gasteiger partial charge in [-0.25, -0.2) is 0 Å². The molecule has 0 saturated heterocycles. The largest absolute Gasteiger partial charge is 0.399 e. The molecule has 0 radical (unpaired) electrons. The number of oxime groups is 1. The second-order valence-corrected chi connectivity index (χ2v) is 3.43. The van der Waals surface area contributed by atoms with Gasteiger partial charge in [-0.3, -0.25) is 4.79 Å². The van der Waals surface area contributed by atoms with Crippen molar-refractivity contribution in [3.8, 4) is 0 Å². The van der Waals surface area contributed by atoms with Crippen LogP contribution >= 0.6 is 0 Å². The van der Waals surface area contributed by atoms with E-state index in [1.54, 1.807) is 0 Å². The molecule has 1 rings (SSSR count). The molecule has 0 spiro atoms. The first-order chi connectivity index (χ1) is 5.08. The summed E-state index contributed by atoms with van der Waals surface area (Å²) in [7, 11) is 1.46. The van der Waals surface area contributed by atoms with E-state index in [2.05, 4.69) is 9.99 Å². The van der Waals surface area contributed by atoms with E-state index < -0.39 is 0 Å². The number of hydrogen-bond acceptors (Lipinski definition) is 3. The third kappa shape index (κ3) is 1.42. The second-order valence-electron chi connectivity index (χ2n) is 3.43. The molecule has 3 heteroatoms. The minimum Gasteiger partial charge on any atom is -0.399 e. The predicted octanol–water partition coefficient (Wildman–Crippen LogP) is 1.38. The Morgan fingerprint density at radius 1 is 1.55 bits per heavy atom. The molecule has 0 bridgehead atoms. The number of nitrogens with zero attached hydrogens (tertiary/aromatic N) is 1. The van der Waals surface area contributed by atoms with Gasteiger partial charge in [0.25, 0.3) is 0 Å². The first-order valence-electron chi connectivity index (χ1n) is 3.73. The van der Waals surface area contributed by atoms with E-state index in [0.29, 0.717) is 5.71 Å². The van der Waals surface area contributed by atoms with Crippen LogP contribution < -0.4 is 0 Å². The van der Waals surface area contributed by atoms with Gasteiger partial charge in [0.05, 0.1) is 0 Å². The molecule has 0 heterocycles. The third-order valence-electron chi connectivity index (χ3n) is 2.07. The lowest BCUT2D eigenvalue weighted by molar-refractivity contribution is -0.119. The van der Waals surface area contributed by atoms with Crippen molar-refractivity contribution in [1.82, 2.24) is 0 Å². The molecule has 1 saturated carbocycles. The number of hydrogen-bond donors (Lipinski definition) is 0. The van der Waals surface area contributed by atoms with Crippen LogP contribution in [0.25, 0.3) is 0 Å². The summed E-state index contributed by atoms with van der Waals surface area (Å²) in [6.07, 6.45) is 1.63. The first-order valence-corrected chi connectivity index (χ1v) is 3.73. The molecular weight excluding hydrogens is 142 g/mol. The van der Waals surface area contributed by atoms with Gasteiger partial charge in [-0.1, -0.05) is 19.0 Å². The number of carbonyl (C=O) groups is 1. The van der Waals surface area contributed by atoms with Gasteiger partial charge >= 0.3 is 0 Å². The van der Waals surface area contributed by atoms with Gasteiger partial charge in [0.2, 0.25) is 0 Å². The lowest BCUT2D eigenvalue weighted by Gasteiger charge is -2.11. The fourth-order valence-corrected chi connectivity index (χ4v) is 1.25. The van der Waals surface area contributed by atoms with Crippen molar-refractivity contribution in [2.24, 2.45) is 10.6 Å².